The second-order valence-corrected chi connectivity index (χ2v) is 8.91. The zero-order valence-electron chi connectivity index (χ0n) is 18.7. The third-order valence-electron chi connectivity index (χ3n) is 5.23. The first-order valence-corrected chi connectivity index (χ1v) is 10.8. The summed E-state index contributed by atoms with van der Waals surface area (Å²) in [5.41, 5.74) is 1.62. The first-order chi connectivity index (χ1) is 14.6. The van der Waals surface area contributed by atoms with Crippen molar-refractivity contribution in [2.45, 2.75) is 77.4 Å². The topological polar surface area (TPSA) is 114 Å². The number of esters is 1. The Morgan fingerprint density at radius 2 is 1.68 bits per heavy atom. The molecule has 170 valence electrons. The standard InChI is InChI=1S/C23H33N3O5/c1-15(20(28)26-22(30)25-18-7-5-6-8-18)31-19(27)13-14-24-21(29)16-9-11-17(12-10-16)23(2,3)4/h9-12,15,18H,5-8,13-14H2,1-4H3,(H,24,29)(H2,25,26,28,30)/t15-/m1/s1. The fourth-order valence-corrected chi connectivity index (χ4v) is 3.32. The molecule has 0 saturated heterocycles. The number of imide groups is 1. The van der Waals surface area contributed by atoms with Crippen molar-refractivity contribution in [1.29, 1.82) is 0 Å². The third-order valence-corrected chi connectivity index (χ3v) is 5.23. The summed E-state index contributed by atoms with van der Waals surface area (Å²) in [7, 11) is 0. The van der Waals surface area contributed by atoms with Crippen molar-refractivity contribution >= 4 is 23.8 Å². The highest BCUT2D eigenvalue weighted by Gasteiger charge is 2.22. The Morgan fingerprint density at radius 3 is 2.26 bits per heavy atom. The number of benzene rings is 1. The maximum absolute atomic E-state index is 12.2. The number of carbonyl (C=O) groups excluding carboxylic acids is 4. The molecule has 1 aromatic rings. The molecule has 1 aliphatic rings. The van der Waals surface area contributed by atoms with Gasteiger partial charge in [0.15, 0.2) is 6.10 Å². The van der Waals surface area contributed by atoms with E-state index in [1.54, 1.807) is 12.1 Å². The number of urea groups is 1. The van der Waals surface area contributed by atoms with Crippen molar-refractivity contribution < 1.29 is 23.9 Å². The lowest BCUT2D eigenvalue weighted by atomic mass is 9.87. The van der Waals surface area contributed by atoms with Crippen LogP contribution in [0.5, 0.6) is 0 Å². The van der Waals surface area contributed by atoms with E-state index in [9.17, 15) is 19.2 Å². The predicted octanol–water partition coefficient (Wildman–Crippen LogP) is 2.80. The van der Waals surface area contributed by atoms with Crippen LogP contribution >= 0.6 is 0 Å². The van der Waals surface area contributed by atoms with Crippen molar-refractivity contribution in [1.82, 2.24) is 16.0 Å². The Hall–Kier alpha value is -2.90. The smallest absolute Gasteiger partial charge is 0.321 e. The summed E-state index contributed by atoms with van der Waals surface area (Å²) in [5, 5.41) is 7.58. The summed E-state index contributed by atoms with van der Waals surface area (Å²) >= 11 is 0. The van der Waals surface area contributed by atoms with Gasteiger partial charge in [0.1, 0.15) is 0 Å². The average Bonchev–Trinajstić information content (AvgIpc) is 3.20. The summed E-state index contributed by atoms with van der Waals surface area (Å²) in [4.78, 5) is 48.0. The van der Waals surface area contributed by atoms with Crippen LogP contribution in [0.1, 0.15) is 75.7 Å². The number of hydrogen-bond donors (Lipinski definition) is 3. The lowest BCUT2D eigenvalue weighted by Gasteiger charge is -2.19. The Kier molecular flexibility index (Phi) is 8.59. The van der Waals surface area contributed by atoms with Crippen LogP contribution in [0.4, 0.5) is 4.79 Å². The van der Waals surface area contributed by atoms with Gasteiger partial charge in [0.25, 0.3) is 11.8 Å². The SMILES string of the molecule is C[C@@H](OC(=O)CCNC(=O)c1ccc(C(C)(C)C)cc1)C(=O)NC(=O)NC1CCCC1. The summed E-state index contributed by atoms with van der Waals surface area (Å²) in [6.07, 6.45) is 2.73. The Labute approximate surface area is 183 Å². The zero-order chi connectivity index (χ0) is 23.0. The van der Waals surface area contributed by atoms with E-state index in [0.717, 1.165) is 31.2 Å². The van der Waals surface area contributed by atoms with Gasteiger partial charge in [-0.25, -0.2) is 4.79 Å². The van der Waals surface area contributed by atoms with E-state index in [0.29, 0.717) is 5.56 Å². The van der Waals surface area contributed by atoms with Crippen LogP contribution < -0.4 is 16.0 Å². The molecule has 8 heteroatoms. The van der Waals surface area contributed by atoms with Crippen LogP contribution in [-0.2, 0) is 19.7 Å². The van der Waals surface area contributed by atoms with E-state index in [-0.39, 0.29) is 30.3 Å². The van der Waals surface area contributed by atoms with Gasteiger partial charge in [-0.1, -0.05) is 45.7 Å². The number of rotatable bonds is 7. The third kappa shape index (κ3) is 8.03. The van der Waals surface area contributed by atoms with Gasteiger partial charge in [-0.05, 0) is 42.9 Å². The van der Waals surface area contributed by atoms with E-state index >= 15 is 0 Å². The summed E-state index contributed by atoms with van der Waals surface area (Å²) in [6, 6.07) is 6.82. The summed E-state index contributed by atoms with van der Waals surface area (Å²) < 4.78 is 5.04. The van der Waals surface area contributed by atoms with Gasteiger partial charge >= 0.3 is 12.0 Å². The van der Waals surface area contributed by atoms with Gasteiger partial charge < -0.3 is 15.4 Å². The van der Waals surface area contributed by atoms with Crippen molar-refractivity contribution in [3.63, 3.8) is 0 Å². The van der Waals surface area contributed by atoms with E-state index < -0.39 is 24.0 Å². The monoisotopic (exact) mass is 431 g/mol. The van der Waals surface area contributed by atoms with Crippen LogP contribution in [0.2, 0.25) is 0 Å². The molecule has 8 nitrogen and oxygen atoms in total. The fraction of sp³-hybridized carbons (Fsp3) is 0.565. The second kappa shape index (κ2) is 10.9. The molecule has 1 aromatic carbocycles. The van der Waals surface area contributed by atoms with Crippen LogP contribution in [0.25, 0.3) is 0 Å². The molecule has 0 radical (unpaired) electrons. The van der Waals surface area contributed by atoms with E-state index in [1.807, 2.05) is 12.1 Å². The molecular formula is C23H33N3O5. The highest BCUT2D eigenvalue weighted by molar-refractivity contribution is 5.97. The van der Waals surface area contributed by atoms with E-state index in [4.69, 9.17) is 4.74 Å². The van der Waals surface area contributed by atoms with Gasteiger partial charge in [0.05, 0.1) is 6.42 Å². The molecular weight excluding hydrogens is 398 g/mol. The van der Waals surface area contributed by atoms with Crippen molar-refractivity contribution in [2.24, 2.45) is 0 Å². The molecule has 1 aliphatic carbocycles. The Bertz CT molecular complexity index is 792. The lowest BCUT2D eigenvalue weighted by Crippen LogP contribution is -2.47. The molecule has 0 aromatic heterocycles. The zero-order valence-corrected chi connectivity index (χ0v) is 18.7. The summed E-state index contributed by atoms with van der Waals surface area (Å²) in [5.74, 6) is -1.61. The molecule has 3 N–H and O–H groups in total. The molecule has 0 unspecified atom stereocenters. The molecule has 2 rings (SSSR count). The summed E-state index contributed by atoms with van der Waals surface area (Å²) in [6.45, 7) is 7.76. The van der Waals surface area contributed by atoms with Crippen molar-refractivity contribution in [2.75, 3.05) is 6.54 Å². The van der Waals surface area contributed by atoms with Crippen molar-refractivity contribution in [3.8, 4) is 0 Å². The molecule has 1 atom stereocenters. The highest BCUT2D eigenvalue weighted by Crippen LogP contribution is 2.22. The minimum Gasteiger partial charge on any atom is -0.452 e. The van der Waals surface area contributed by atoms with Crippen molar-refractivity contribution in [3.05, 3.63) is 35.4 Å². The fourth-order valence-electron chi connectivity index (χ4n) is 3.32. The Balaban J connectivity index is 1.68. The quantitative estimate of drug-likeness (QED) is 0.575. The number of nitrogens with one attached hydrogen (secondary N) is 3. The minimum atomic E-state index is -1.11. The molecule has 0 bridgehead atoms. The molecule has 0 heterocycles. The minimum absolute atomic E-state index is 0.00106. The lowest BCUT2D eigenvalue weighted by molar-refractivity contribution is -0.154. The molecule has 31 heavy (non-hydrogen) atoms. The maximum Gasteiger partial charge on any atom is 0.321 e. The van der Waals surface area contributed by atoms with Crippen LogP contribution in [0, 0.1) is 0 Å². The first-order valence-electron chi connectivity index (χ1n) is 10.8. The van der Waals surface area contributed by atoms with E-state index in [2.05, 4.69) is 36.7 Å². The van der Waals surface area contributed by atoms with Crippen LogP contribution in [0.15, 0.2) is 24.3 Å². The highest BCUT2D eigenvalue weighted by atomic mass is 16.5. The van der Waals surface area contributed by atoms with Gasteiger partial charge in [-0.3, -0.25) is 19.7 Å². The van der Waals surface area contributed by atoms with Gasteiger partial charge in [-0.15, -0.1) is 0 Å². The largest absolute Gasteiger partial charge is 0.452 e. The number of carbonyl (C=O) groups is 4. The predicted molar refractivity (Wildman–Crippen MR) is 117 cm³/mol. The Morgan fingerprint density at radius 1 is 1.06 bits per heavy atom. The van der Waals surface area contributed by atoms with Gasteiger partial charge in [0, 0.05) is 18.2 Å². The van der Waals surface area contributed by atoms with Gasteiger partial charge in [-0.2, -0.15) is 0 Å². The van der Waals surface area contributed by atoms with Crippen LogP contribution in [-0.4, -0.2) is 42.5 Å². The second-order valence-electron chi connectivity index (χ2n) is 8.91. The number of hydrogen-bond acceptors (Lipinski definition) is 5. The molecule has 1 fully saturated rings. The molecule has 4 amide bonds. The number of amides is 4. The number of ether oxygens (including phenoxy) is 1. The maximum atomic E-state index is 12.2. The first kappa shape index (κ1) is 24.4. The normalized spacial score (nSPS) is 15.1. The average molecular weight is 432 g/mol. The molecule has 1 saturated carbocycles. The molecule has 0 spiro atoms. The van der Waals surface area contributed by atoms with Crippen LogP contribution in [0.3, 0.4) is 0 Å². The van der Waals surface area contributed by atoms with Gasteiger partial charge in [0.2, 0.25) is 0 Å². The molecule has 0 aliphatic heterocycles. The van der Waals surface area contributed by atoms with E-state index in [1.165, 1.54) is 6.92 Å².